The summed E-state index contributed by atoms with van der Waals surface area (Å²) in [6, 6.07) is 23.4. The lowest BCUT2D eigenvalue weighted by Crippen LogP contribution is -2.16. The SMILES string of the molecule is C[Si](C)(C)C#Cc1ccccc1C#CC#CC#Cc1ccccc1C#CC#CC#Cc1ccccc1C#C[Si](C)(C)C. The van der Waals surface area contributed by atoms with E-state index in [-0.39, 0.29) is 0 Å². The van der Waals surface area contributed by atoms with Crippen LogP contribution < -0.4 is 0 Å². The molecule has 3 aromatic carbocycles. The lowest BCUT2D eigenvalue weighted by Gasteiger charge is -2.03. The van der Waals surface area contributed by atoms with E-state index in [1.54, 1.807) is 0 Å². The molecule has 0 aliphatic carbocycles. The molecule has 0 unspecified atom stereocenters. The van der Waals surface area contributed by atoms with E-state index in [4.69, 9.17) is 0 Å². The minimum atomic E-state index is -1.47. The molecule has 0 spiro atoms. The molecule has 0 atom stereocenters. The Hall–Kier alpha value is -5.43. The van der Waals surface area contributed by atoms with Crippen molar-refractivity contribution in [1.82, 2.24) is 0 Å². The number of hydrogen-bond donors (Lipinski definition) is 0. The van der Waals surface area contributed by atoms with Gasteiger partial charge in [-0.25, -0.2) is 0 Å². The fourth-order valence-electron chi connectivity index (χ4n) is 3.13. The highest BCUT2D eigenvalue weighted by Gasteiger charge is 2.08. The van der Waals surface area contributed by atoms with Crippen molar-refractivity contribution >= 4 is 16.1 Å². The molecular formula is C40H30Si2. The van der Waals surface area contributed by atoms with E-state index in [0.717, 1.165) is 33.4 Å². The molecule has 3 rings (SSSR count). The van der Waals surface area contributed by atoms with Crippen molar-refractivity contribution in [1.29, 1.82) is 0 Å². The summed E-state index contributed by atoms with van der Waals surface area (Å²) in [5.74, 6) is 41.7. The highest BCUT2D eigenvalue weighted by atomic mass is 28.3. The summed E-state index contributed by atoms with van der Waals surface area (Å²) in [4.78, 5) is 0. The third-order valence-corrected chi connectivity index (χ3v) is 6.84. The van der Waals surface area contributed by atoms with Crippen molar-refractivity contribution in [2.45, 2.75) is 39.3 Å². The van der Waals surface area contributed by atoms with Crippen molar-refractivity contribution in [3.05, 3.63) is 106 Å². The summed E-state index contributed by atoms with van der Waals surface area (Å²) in [6.07, 6.45) is 0. The summed E-state index contributed by atoms with van der Waals surface area (Å²) in [6.45, 7) is 13.3. The van der Waals surface area contributed by atoms with Crippen molar-refractivity contribution in [3.8, 4) is 94.0 Å². The topological polar surface area (TPSA) is 0 Å². The van der Waals surface area contributed by atoms with Crippen LogP contribution in [0.15, 0.2) is 72.8 Å². The van der Waals surface area contributed by atoms with Gasteiger partial charge in [0.05, 0.1) is 0 Å². The Morgan fingerprint density at radius 1 is 0.310 bits per heavy atom. The average molecular weight is 567 g/mol. The monoisotopic (exact) mass is 566 g/mol. The molecule has 198 valence electrons. The van der Waals surface area contributed by atoms with Crippen LogP contribution in [0.2, 0.25) is 39.3 Å². The van der Waals surface area contributed by atoms with Crippen LogP contribution in [0.25, 0.3) is 0 Å². The van der Waals surface area contributed by atoms with Crippen molar-refractivity contribution in [2.24, 2.45) is 0 Å². The van der Waals surface area contributed by atoms with Crippen LogP contribution in [0.1, 0.15) is 33.4 Å². The third-order valence-electron chi connectivity index (χ3n) is 5.09. The Balaban J connectivity index is 1.72. The van der Waals surface area contributed by atoms with Gasteiger partial charge in [-0.15, -0.1) is 11.1 Å². The number of benzene rings is 3. The fraction of sp³-hybridized carbons (Fsp3) is 0.150. The van der Waals surface area contributed by atoms with Crippen molar-refractivity contribution in [2.75, 3.05) is 0 Å². The largest absolute Gasteiger partial charge is 0.129 e. The molecule has 0 aliphatic rings. The summed E-state index contributed by atoms with van der Waals surface area (Å²) < 4.78 is 0. The fourth-order valence-corrected chi connectivity index (χ4v) is 4.15. The maximum Gasteiger partial charge on any atom is 0.129 e. The summed E-state index contributed by atoms with van der Waals surface area (Å²) in [5.41, 5.74) is 11.9. The van der Waals surface area contributed by atoms with E-state index in [1.807, 2.05) is 72.8 Å². The number of rotatable bonds is 0. The molecule has 0 saturated heterocycles. The van der Waals surface area contributed by atoms with E-state index in [2.05, 4.69) is 133 Å². The molecule has 2 heteroatoms. The Labute approximate surface area is 254 Å². The van der Waals surface area contributed by atoms with Gasteiger partial charge in [-0.2, -0.15) is 0 Å². The van der Waals surface area contributed by atoms with Crippen molar-refractivity contribution in [3.63, 3.8) is 0 Å². The first kappa shape index (κ1) is 31.1. The Morgan fingerprint density at radius 2 is 0.524 bits per heavy atom. The van der Waals surface area contributed by atoms with Gasteiger partial charge in [0.1, 0.15) is 16.1 Å². The predicted octanol–water partition coefficient (Wildman–Crippen LogP) is 6.96. The Morgan fingerprint density at radius 3 is 0.738 bits per heavy atom. The van der Waals surface area contributed by atoms with Gasteiger partial charge in [0, 0.05) is 33.4 Å². The van der Waals surface area contributed by atoms with E-state index in [9.17, 15) is 0 Å². The molecule has 0 saturated carbocycles. The van der Waals surface area contributed by atoms with Crippen LogP contribution >= 0.6 is 0 Å². The van der Waals surface area contributed by atoms with Crippen LogP contribution in [0.3, 0.4) is 0 Å². The van der Waals surface area contributed by atoms with E-state index in [0.29, 0.717) is 0 Å². The molecule has 0 nitrogen and oxygen atoms in total. The summed E-state index contributed by atoms with van der Waals surface area (Å²) in [7, 11) is -2.94. The lowest BCUT2D eigenvalue weighted by atomic mass is 10.1. The molecule has 0 amide bonds. The van der Waals surface area contributed by atoms with E-state index < -0.39 is 16.1 Å². The van der Waals surface area contributed by atoms with E-state index >= 15 is 0 Å². The molecule has 42 heavy (non-hydrogen) atoms. The molecule has 0 N–H and O–H groups in total. The zero-order valence-corrected chi connectivity index (χ0v) is 26.9. The first-order valence-corrected chi connectivity index (χ1v) is 20.5. The second kappa shape index (κ2) is 15.4. The third kappa shape index (κ3) is 11.8. The maximum absolute atomic E-state index is 3.39. The quantitative estimate of drug-likeness (QED) is 0.204. The highest BCUT2D eigenvalue weighted by molar-refractivity contribution is 6.84. The van der Waals surface area contributed by atoms with Crippen molar-refractivity contribution < 1.29 is 0 Å². The molecule has 0 bridgehead atoms. The van der Waals surface area contributed by atoms with Gasteiger partial charge in [0.25, 0.3) is 0 Å². The smallest absolute Gasteiger partial charge is 0.127 e. The van der Waals surface area contributed by atoms with E-state index in [1.165, 1.54) is 0 Å². The van der Waals surface area contributed by atoms with Crippen LogP contribution in [-0.4, -0.2) is 16.1 Å². The lowest BCUT2D eigenvalue weighted by molar-refractivity contribution is 1.59. The maximum atomic E-state index is 3.39. The average Bonchev–Trinajstić information content (AvgIpc) is 2.95. The highest BCUT2D eigenvalue weighted by Crippen LogP contribution is 2.08. The summed E-state index contributed by atoms with van der Waals surface area (Å²) >= 11 is 0. The first-order chi connectivity index (χ1) is 20.1. The molecule has 0 heterocycles. The van der Waals surface area contributed by atoms with Gasteiger partial charge in [-0.1, -0.05) is 111 Å². The molecule has 3 aromatic rings. The first-order valence-electron chi connectivity index (χ1n) is 13.5. The summed E-state index contributed by atoms with van der Waals surface area (Å²) in [5, 5.41) is 0. The second-order valence-corrected chi connectivity index (χ2v) is 20.6. The van der Waals surface area contributed by atoms with Gasteiger partial charge in [-0.3, -0.25) is 0 Å². The minimum absolute atomic E-state index is 0.780. The molecule has 0 fully saturated rings. The second-order valence-electron chi connectivity index (χ2n) is 11.1. The number of hydrogen-bond acceptors (Lipinski definition) is 0. The van der Waals surface area contributed by atoms with Gasteiger partial charge >= 0.3 is 0 Å². The van der Waals surface area contributed by atoms with Gasteiger partial charge in [-0.05, 0) is 83.8 Å². The van der Waals surface area contributed by atoms with Crippen LogP contribution in [0, 0.1) is 94.0 Å². The molecule has 0 radical (unpaired) electrons. The zero-order chi connectivity index (χ0) is 30.3. The van der Waals surface area contributed by atoms with Gasteiger partial charge in [0.15, 0.2) is 0 Å². The normalized spacial score (nSPS) is 9.10. The van der Waals surface area contributed by atoms with Crippen LogP contribution in [-0.2, 0) is 0 Å². The molecule has 0 aliphatic heterocycles. The van der Waals surface area contributed by atoms with Gasteiger partial charge in [0.2, 0.25) is 0 Å². The van der Waals surface area contributed by atoms with Gasteiger partial charge < -0.3 is 0 Å². The minimum Gasteiger partial charge on any atom is -0.127 e. The predicted molar refractivity (Wildman–Crippen MR) is 183 cm³/mol. The molecular weight excluding hydrogens is 537 g/mol. The Bertz CT molecular complexity index is 1840. The van der Waals surface area contributed by atoms with Crippen LogP contribution in [0.4, 0.5) is 0 Å². The molecule has 0 aromatic heterocycles. The zero-order valence-electron chi connectivity index (χ0n) is 24.9. The standard InChI is InChI=1S/C40H30Si2/c1-41(2,3)33-31-39-29-19-17-27-37(39)23-13-9-7-11-21-35-25-15-16-26-36(35)22-12-8-10-14-24-38-28-18-20-30-40(38)32-34-42(4,5)6/h15-20,25-30H,1-6H3. The van der Waals surface area contributed by atoms with Crippen LogP contribution in [0.5, 0.6) is 0 Å². The Kier molecular flexibility index (Phi) is 11.4.